The lowest BCUT2D eigenvalue weighted by Gasteiger charge is -2.31. The van der Waals surface area contributed by atoms with Crippen LogP contribution in [0.2, 0.25) is 0 Å². The molecule has 0 atom stereocenters. The molecule has 1 aromatic heterocycles. The Hall–Kier alpha value is -1.88. The van der Waals surface area contributed by atoms with Crippen LogP contribution in [-0.2, 0) is 0 Å². The Morgan fingerprint density at radius 1 is 1.32 bits per heavy atom. The summed E-state index contributed by atoms with van der Waals surface area (Å²) in [7, 11) is 1.93. The summed E-state index contributed by atoms with van der Waals surface area (Å²) < 4.78 is 0. The van der Waals surface area contributed by atoms with Crippen LogP contribution in [0.5, 0.6) is 0 Å². The Morgan fingerprint density at radius 2 is 2.14 bits per heavy atom. The summed E-state index contributed by atoms with van der Waals surface area (Å²) in [6.45, 7) is 0. The van der Waals surface area contributed by atoms with Gasteiger partial charge in [0.1, 0.15) is 0 Å². The molecule has 1 fully saturated rings. The average Bonchev–Trinajstić information content (AvgIpc) is 3.07. The van der Waals surface area contributed by atoms with Gasteiger partial charge >= 0.3 is 0 Å². The second kappa shape index (κ2) is 6.92. The molecule has 0 unspecified atom stereocenters. The maximum Gasteiger partial charge on any atom is 0.253 e. The predicted molar refractivity (Wildman–Crippen MR) is 90.8 cm³/mol. The summed E-state index contributed by atoms with van der Waals surface area (Å²) in [6, 6.07) is 8.05. The van der Waals surface area contributed by atoms with E-state index in [1.165, 1.54) is 19.3 Å². The molecule has 4 nitrogen and oxygen atoms in total. The van der Waals surface area contributed by atoms with E-state index in [-0.39, 0.29) is 5.91 Å². The number of nitrogens with zero attached hydrogens (tertiary/aromatic N) is 2. The van der Waals surface area contributed by atoms with Crippen LogP contribution in [0, 0.1) is 0 Å². The lowest BCUT2D eigenvalue weighted by atomic mass is 9.94. The van der Waals surface area contributed by atoms with Gasteiger partial charge in [0.15, 0.2) is 5.13 Å². The minimum absolute atomic E-state index is 0.106. The maximum absolute atomic E-state index is 12.7. The Morgan fingerprint density at radius 3 is 2.86 bits per heavy atom. The topological polar surface area (TPSA) is 45.2 Å². The zero-order chi connectivity index (χ0) is 15.4. The van der Waals surface area contributed by atoms with Crippen molar-refractivity contribution in [2.75, 3.05) is 12.4 Å². The predicted octanol–water partition coefficient (Wildman–Crippen LogP) is 4.29. The van der Waals surface area contributed by atoms with Gasteiger partial charge in [-0.15, -0.1) is 11.3 Å². The van der Waals surface area contributed by atoms with Crippen LogP contribution < -0.4 is 5.32 Å². The van der Waals surface area contributed by atoms with Crippen LogP contribution in [0.15, 0.2) is 35.8 Å². The first-order chi connectivity index (χ1) is 10.7. The third-order valence-electron chi connectivity index (χ3n) is 4.24. The standard InChI is InChI=1S/C17H21N3OS/c1-20(15-8-3-2-4-9-15)16(21)13-6-5-7-14(12-13)19-17-18-10-11-22-17/h5-7,10-12,15H,2-4,8-9H2,1H3,(H,18,19). The molecule has 2 aromatic rings. The first kappa shape index (κ1) is 15.0. The Balaban J connectivity index is 1.71. The minimum Gasteiger partial charge on any atom is -0.339 e. The summed E-state index contributed by atoms with van der Waals surface area (Å²) >= 11 is 1.54. The molecule has 1 aromatic carbocycles. The number of thiazole rings is 1. The molecule has 0 saturated heterocycles. The number of nitrogens with one attached hydrogen (secondary N) is 1. The van der Waals surface area contributed by atoms with Crippen molar-refractivity contribution in [1.29, 1.82) is 0 Å². The molecule has 0 aliphatic heterocycles. The molecule has 1 aliphatic rings. The van der Waals surface area contributed by atoms with Crippen LogP contribution in [0.4, 0.5) is 10.8 Å². The highest BCUT2D eigenvalue weighted by Crippen LogP contribution is 2.24. The van der Waals surface area contributed by atoms with Crippen molar-refractivity contribution in [3.05, 3.63) is 41.4 Å². The van der Waals surface area contributed by atoms with Gasteiger partial charge in [-0.05, 0) is 31.0 Å². The Labute approximate surface area is 135 Å². The number of hydrogen-bond acceptors (Lipinski definition) is 4. The second-order valence-electron chi connectivity index (χ2n) is 5.75. The first-order valence-electron chi connectivity index (χ1n) is 7.78. The smallest absolute Gasteiger partial charge is 0.253 e. The zero-order valence-corrected chi connectivity index (χ0v) is 13.6. The molecule has 22 heavy (non-hydrogen) atoms. The first-order valence-corrected chi connectivity index (χ1v) is 8.66. The fourth-order valence-electron chi connectivity index (χ4n) is 2.98. The molecular weight excluding hydrogens is 294 g/mol. The molecule has 1 aliphatic carbocycles. The van der Waals surface area contributed by atoms with Crippen molar-refractivity contribution in [3.8, 4) is 0 Å². The van der Waals surface area contributed by atoms with Crippen molar-refractivity contribution in [2.45, 2.75) is 38.1 Å². The van der Waals surface area contributed by atoms with Gasteiger partial charge in [-0.3, -0.25) is 4.79 Å². The highest BCUT2D eigenvalue weighted by molar-refractivity contribution is 7.13. The quantitative estimate of drug-likeness (QED) is 0.915. The summed E-state index contributed by atoms with van der Waals surface area (Å²) in [4.78, 5) is 18.8. The maximum atomic E-state index is 12.7. The lowest BCUT2D eigenvalue weighted by Crippen LogP contribution is -2.38. The van der Waals surface area contributed by atoms with E-state index in [0.29, 0.717) is 6.04 Å². The second-order valence-corrected chi connectivity index (χ2v) is 6.65. The number of amides is 1. The zero-order valence-electron chi connectivity index (χ0n) is 12.8. The van der Waals surface area contributed by atoms with E-state index in [2.05, 4.69) is 10.3 Å². The van der Waals surface area contributed by atoms with E-state index in [1.54, 1.807) is 17.5 Å². The molecule has 1 saturated carbocycles. The summed E-state index contributed by atoms with van der Waals surface area (Å²) in [5.41, 5.74) is 1.63. The number of aromatic nitrogens is 1. The molecule has 1 N–H and O–H groups in total. The van der Waals surface area contributed by atoms with E-state index < -0.39 is 0 Å². The lowest BCUT2D eigenvalue weighted by molar-refractivity contribution is 0.0696. The summed E-state index contributed by atoms with van der Waals surface area (Å²) in [5, 5.41) is 6.00. The van der Waals surface area contributed by atoms with Crippen molar-refractivity contribution < 1.29 is 4.79 Å². The number of benzene rings is 1. The average molecular weight is 315 g/mol. The Bertz CT molecular complexity index is 621. The molecule has 1 amide bonds. The molecule has 5 heteroatoms. The van der Waals surface area contributed by atoms with Crippen molar-refractivity contribution in [1.82, 2.24) is 9.88 Å². The third-order valence-corrected chi connectivity index (χ3v) is 4.92. The summed E-state index contributed by atoms with van der Waals surface area (Å²) in [6.07, 6.45) is 7.77. The van der Waals surface area contributed by atoms with Gasteiger partial charge in [-0.25, -0.2) is 4.98 Å². The van der Waals surface area contributed by atoms with Crippen LogP contribution in [0.1, 0.15) is 42.5 Å². The number of anilines is 2. The monoisotopic (exact) mass is 315 g/mol. The van der Waals surface area contributed by atoms with E-state index in [0.717, 1.165) is 29.2 Å². The van der Waals surface area contributed by atoms with E-state index in [1.807, 2.05) is 41.6 Å². The summed E-state index contributed by atoms with van der Waals surface area (Å²) in [5.74, 6) is 0.106. The molecule has 0 radical (unpaired) electrons. The fraction of sp³-hybridized carbons (Fsp3) is 0.412. The van der Waals surface area contributed by atoms with Crippen LogP contribution in [0.25, 0.3) is 0 Å². The van der Waals surface area contributed by atoms with Crippen molar-refractivity contribution in [3.63, 3.8) is 0 Å². The van der Waals surface area contributed by atoms with E-state index in [9.17, 15) is 4.79 Å². The van der Waals surface area contributed by atoms with E-state index >= 15 is 0 Å². The van der Waals surface area contributed by atoms with Crippen LogP contribution in [-0.4, -0.2) is 28.9 Å². The third kappa shape index (κ3) is 3.47. The normalized spacial score (nSPS) is 15.5. The van der Waals surface area contributed by atoms with Gasteiger partial charge in [-0.1, -0.05) is 25.3 Å². The SMILES string of the molecule is CN(C(=O)c1cccc(Nc2nccs2)c1)C1CCCCC1. The highest BCUT2D eigenvalue weighted by atomic mass is 32.1. The molecule has 116 valence electrons. The van der Waals surface area contributed by atoms with Crippen LogP contribution in [0.3, 0.4) is 0 Å². The number of carbonyl (C=O) groups excluding carboxylic acids is 1. The van der Waals surface area contributed by atoms with E-state index in [4.69, 9.17) is 0 Å². The van der Waals surface area contributed by atoms with Gasteiger partial charge in [0.25, 0.3) is 5.91 Å². The molecule has 0 bridgehead atoms. The number of rotatable bonds is 4. The molecule has 1 heterocycles. The van der Waals surface area contributed by atoms with Gasteiger partial charge in [0, 0.05) is 35.9 Å². The molecular formula is C17H21N3OS. The van der Waals surface area contributed by atoms with Crippen molar-refractivity contribution in [2.24, 2.45) is 0 Å². The number of hydrogen-bond donors (Lipinski definition) is 1. The minimum atomic E-state index is 0.106. The van der Waals surface area contributed by atoms with Crippen molar-refractivity contribution >= 4 is 28.1 Å². The highest BCUT2D eigenvalue weighted by Gasteiger charge is 2.23. The fourth-order valence-corrected chi connectivity index (χ4v) is 3.53. The molecule has 0 spiro atoms. The van der Waals surface area contributed by atoms with Crippen LogP contribution >= 0.6 is 11.3 Å². The number of carbonyl (C=O) groups is 1. The van der Waals surface area contributed by atoms with Gasteiger partial charge < -0.3 is 10.2 Å². The van der Waals surface area contributed by atoms with Gasteiger partial charge in [0.2, 0.25) is 0 Å². The van der Waals surface area contributed by atoms with Gasteiger partial charge in [0.05, 0.1) is 0 Å². The largest absolute Gasteiger partial charge is 0.339 e. The van der Waals surface area contributed by atoms with Gasteiger partial charge in [-0.2, -0.15) is 0 Å². The Kier molecular flexibility index (Phi) is 4.73. The molecule has 3 rings (SSSR count).